The first kappa shape index (κ1) is 14.2. The van der Waals surface area contributed by atoms with E-state index in [0.29, 0.717) is 17.1 Å². The number of carbonyl (C=O) groups is 1. The molecule has 2 heteroatoms. The molecule has 0 aromatic carbocycles. The van der Waals surface area contributed by atoms with Gasteiger partial charge >= 0.3 is 0 Å². The lowest BCUT2D eigenvalue weighted by molar-refractivity contribution is -0.141. The largest absolute Gasteiger partial charge is 0.393 e. The van der Waals surface area contributed by atoms with Crippen molar-refractivity contribution in [1.82, 2.24) is 0 Å². The van der Waals surface area contributed by atoms with E-state index in [0.717, 1.165) is 43.4 Å². The Labute approximate surface area is 128 Å². The number of rotatable bonds is 0. The van der Waals surface area contributed by atoms with Gasteiger partial charge in [-0.2, -0.15) is 0 Å². The summed E-state index contributed by atoms with van der Waals surface area (Å²) in [6, 6.07) is 0. The number of ketones is 1. The van der Waals surface area contributed by atoms with E-state index < -0.39 is 0 Å². The van der Waals surface area contributed by atoms with Gasteiger partial charge in [0.15, 0.2) is 0 Å². The zero-order valence-corrected chi connectivity index (χ0v) is 13.6. The van der Waals surface area contributed by atoms with Crippen molar-refractivity contribution >= 4 is 5.78 Å². The first-order chi connectivity index (χ1) is 9.95. The molecule has 0 unspecified atom stereocenters. The highest BCUT2D eigenvalue weighted by atomic mass is 16.3. The van der Waals surface area contributed by atoms with Crippen LogP contribution < -0.4 is 0 Å². The van der Waals surface area contributed by atoms with E-state index in [-0.39, 0.29) is 11.5 Å². The molecule has 21 heavy (non-hydrogen) atoms. The maximum absolute atomic E-state index is 11.9. The molecule has 0 aliphatic heterocycles. The second kappa shape index (κ2) is 4.57. The normalized spacial score (nSPS) is 56.5. The maximum Gasteiger partial charge on any atom is 0.133 e. The van der Waals surface area contributed by atoms with Gasteiger partial charge in [0.2, 0.25) is 0 Å². The highest BCUT2D eigenvalue weighted by molar-refractivity contribution is 5.79. The third-order valence-corrected chi connectivity index (χ3v) is 8.43. The van der Waals surface area contributed by atoms with Crippen molar-refractivity contribution in [1.29, 1.82) is 0 Å². The summed E-state index contributed by atoms with van der Waals surface area (Å²) in [6.07, 6.45) is 10.0. The van der Waals surface area contributed by atoms with Crippen LogP contribution in [-0.2, 0) is 4.79 Å². The molecule has 4 saturated carbocycles. The maximum atomic E-state index is 11.9. The average molecular weight is 290 g/mol. The van der Waals surface area contributed by atoms with Crippen LogP contribution in [0.15, 0.2) is 0 Å². The molecular weight excluding hydrogens is 260 g/mol. The van der Waals surface area contributed by atoms with Crippen molar-refractivity contribution in [2.24, 2.45) is 34.5 Å². The molecule has 0 radical (unpaired) electrons. The molecule has 1 N–H and O–H groups in total. The summed E-state index contributed by atoms with van der Waals surface area (Å²) in [7, 11) is 0. The molecule has 118 valence electrons. The fraction of sp³-hybridized carbons (Fsp3) is 0.947. The third-order valence-electron chi connectivity index (χ3n) is 8.43. The van der Waals surface area contributed by atoms with Crippen LogP contribution in [0.1, 0.15) is 71.6 Å². The highest BCUT2D eigenvalue weighted by Crippen LogP contribution is 2.65. The topological polar surface area (TPSA) is 37.3 Å². The predicted octanol–water partition coefficient (Wildman–Crippen LogP) is 3.96. The van der Waals surface area contributed by atoms with Crippen LogP contribution in [0.4, 0.5) is 0 Å². The summed E-state index contributed by atoms with van der Waals surface area (Å²) in [6.45, 7) is 4.85. The van der Waals surface area contributed by atoms with E-state index in [1.54, 1.807) is 0 Å². The van der Waals surface area contributed by atoms with Gasteiger partial charge in [-0.15, -0.1) is 0 Å². The van der Waals surface area contributed by atoms with Crippen molar-refractivity contribution in [2.45, 2.75) is 77.7 Å². The lowest BCUT2D eigenvalue weighted by Crippen LogP contribution is -2.54. The molecule has 0 aromatic rings. The standard InChI is InChI=1S/C19H30O2/c1-18-9-7-13(20)11-12(18)3-4-14-15-5-6-17(21)19(15,2)10-8-16(14)18/h12,14-17,21H,3-11H2,1-2H3/t12-,14-,15-,16+,17-,18+,19+/m0/s1. The van der Waals surface area contributed by atoms with Gasteiger partial charge in [-0.05, 0) is 79.4 Å². The molecule has 0 bridgehead atoms. The number of hydrogen-bond donors (Lipinski definition) is 1. The summed E-state index contributed by atoms with van der Waals surface area (Å²) in [5, 5.41) is 10.5. The number of hydrogen-bond acceptors (Lipinski definition) is 2. The molecule has 2 nitrogen and oxygen atoms in total. The Morgan fingerprint density at radius 3 is 2.52 bits per heavy atom. The molecule has 0 saturated heterocycles. The van der Waals surface area contributed by atoms with Crippen LogP contribution >= 0.6 is 0 Å². The van der Waals surface area contributed by atoms with Gasteiger partial charge < -0.3 is 5.11 Å². The Morgan fingerprint density at radius 1 is 0.952 bits per heavy atom. The Kier molecular flexibility index (Phi) is 3.10. The second-order valence-corrected chi connectivity index (χ2v) is 9.04. The van der Waals surface area contributed by atoms with Gasteiger partial charge in [-0.1, -0.05) is 13.8 Å². The van der Waals surface area contributed by atoms with Crippen molar-refractivity contribution in [3.05, 3.63) is 0 Å². The molecule has 0 spiro atoms. The van der Waals surface area contributed by atoms with Crippen molar-refractivity contribution < 1.29 is 9.90 Å². The molecule has 7 atom stereocenters. The number of fused-ring (bicyclic) bond motifs is 5. The number of aliphatic hydroxyl groups is 1. The molecule has 0 heterocycles. The third kappa shape index (κ3) is 1.84. The summed E-state index contributed by atoms with van der Waals surface area (Å²) >= 11 is 0. The van der Waals surface area contributed by atoms with Crippen LogP contribution in [0.2, 0.25) is 0 Å². The molecule has 4 rings (SSSR count). The smallest absolute Gasteiger partial charge is 0.133 e. The monoisotopic (exact) mass is 290 g/mol. The second-order valence-electron chi connectivity index (χ2n) is 9.04. The lowest BCUT2D eigenvalue weighted by atomic mass is 9.45. The fourth-order valence-corrected chi connectivity index (χ4v) is 7.02. The first-order valence-corrected chi connectivity index (χ1v) is 9.15. The lowest BCUT2D eigenvalue weighted by Gasteiger charge is -2.60. The van der Waals surface area contributed by atoms with Crippen LogP contribution in [0.3, 0.4) is 0 Å². The van der Waals surface area contributed by atoms with Crippen LogP contribution in [0.25, 0.3) is 0 Å². The number of carbonyl (C=O) groups excluding carboxylic acids is 1. The summed E-state index contributed by atoms with van der Waals surface area (Å²) in [5.41, 5.74) is 0.598. The molecular formula is C19H30O2. The van der Waals surface area contributed by atoms with Crippen molar-refractivity contribution in [2.75, 3.05) is 0 Å². The van der Waals surface area contributed by atoms with Crippen LogP contribution in [-0.4, -0.2) is 17.0 Å². The van der Waals surface area contributed by atoms with E-state index >= 15 is 0 Å². The van der Waals surface area contributed by atoms with Crippen molar-refractivity contribution in [3.63, 3.8) is 0 Å². The zero-order chi connectivity index (χ0) is 14.8. The number of aliphatic hydroxyl groups excluding tert-OH is 1. The Bertz CT molecular complexity index is 458. The van der Waals surface area contributed by atoms with Gasteiger partial charge in [0.05, 0.1) is 6.10 Å². The molecule has 0 amide bonds. The van der Waals surface area contributed by atoms with E-state index in [4.69, 9.17) is 0 Å². The average Bonchev–Trinajstić information content (AvgIpc) is 2.76. The minimum Gasteiger partial charge on any atom is -0.393 e. The van der Waals surface area contributed by atoms with E-state index in [1.807, 2.05) is 0 Å². The highest BCUT2D eigenvalue weighted by Gasteiger charge is 2.59. The summed E-state index contributed by atoms with van der Waals surface area (Å²) in [5.74, 6) is 3.52. The Morgan fingerprint density at radius 2 is 1.71 bits per heavy atom. The van der Waals surface area contributed by atoms with Gasteiger partial charge in [-0.25, -0.2) is 0 Å². The SMILES string of the molecule is C[C@@]12CC[C@@H]3[C@@H](CC[C@H]4CC(=O)CC[C@]43C)[C@@H]1CC[C@@H]2O. The fourth-order valence-electron chi connectivity index (χ4n) is 7.02. The van der Waals surface area contributed by atoms with Crippen LogP contribution in [0.5, 0.6) is 0 Å². The minimum absolute atomic E-state index is 0.0677. The van der Waals surface area contributed by atoms with Gasteiger partial charge in [0.1, 0.15) is 5.78 Å². The van der Waals surface area contributed by atoms with E-state index in [1.165, 1.54) is 32.1 Å². The molecule has 0 aromatic heterocycles. The molecule has 4 fully saturated rings. The van der Waals surface area contributed by atoms with Gasteiger partial charge in [0, 0.05) is 12.8 Å². The van der Waals surface area contributed by atoms with Gasteiger partial charge in [0.25, 0.3) is 0 Å². The quantitative estimate of drug-likeness (QED) is 0.733. The molecule has 4 aliphatic rings. The summed E-state index contributed by atoms with van der Waals surface area (Å²) in [4.78, 5) is 11.9. The van der Waals surface area contributed by atoms with Gasteiger partial charge in [-0.3, -0.25) is 4.79 Å². The van der Waals surface area contributed by atoms with Crippen molar-refractivity contribution in [3.8, 4) is 0 Å². The van der Waals surface area contributed by atoms with Crippen LogP contribution in [0, 0.1) is 34.5 Å². The summed E-state index contributed by atoms with van der Waals surface area (Å²) < 4.78 is 0. The van der Waals surface area contributed by atoms with E-state index in [9.17, 15) is 9.90 Å². The Balaban J connectivity index is 1.64. The van der Waals surface area contributed by atoms with E-state index in [2.05, 4.69) is 13.8 Å². The zero-order valence-electron chi connectivity index (χ0n) is 13.6. The predicted molar refractivity (Wildman–Crippen MR) is 82.7 cm³/mol. The number of Topliss-reactive ketones (excluding diaryl/α,β-unsaturated/α-hetero) is 1. The minimum atomic E-state index is -0.0677. The Hall–Kier alpha value is -0.370. The molecule has 4 aliphatic carbocycles. The first-order valence-electron chi connectivity index (χ1n) is 9.15.